The predicted molar refractivity (Wildman–Crippen MR) is 55.5 cm³/mol. The van der Waals surface area contributed by atoms with Crippen molar-refractivity contribution in [2.75, 3.05) is 0 Å². The van der Waals surface area contributed by atoms with Crippen molar-refractivity contribution in [3.05, 3.63) is 22.3 Å². The zero-order valence-electron chi connectivity index (χ0n) is 24.4. The van der Waals surface area contributed by atoms with E-state index in [1.165, 1.54) is 0 Å². The van der Waals surface area contributed by atoms with Crippen LogP contribution in [0.15, 0.2) is 22.3 Å². The predicted octanol–water partition coefficient (Wildman–Crippen LogP) is 3.27. The van der Waals surface area contributed by atoms with Gasteiger partial charge in [-0.1, -0.05) is 24.8 Å². The maximum atomic E-state index is 13.0. The van der Waals surface area contributed by atoms with Crippen LogP contribution in [0.1, 0.15) is 65.8 Å². The molecular weight excluding hydrogens is 160 g/mol. The molecule has 0 saturated carbocycles. The maximum Gasteiger partial charge on any atom is 0.184 e. The van der Waals surface area contributed by atoms with E-state index in [4.69, 9.17) is 24.7 Å². The maximum absolute atomic E-state index is 13.0. The lowest BCUT2D eigenvalue weighted by Crippen LogP contribution is -2.26. The summed E-state index contributed by atoms with van der Waals surface area (Å²) in [5.41, 5.74) is -11.7. The first-order chi connectivity index (χ1) is 13.1. The van der Waals surface area contributed by atoms with Crippen molar-refractivity contribution in [1.29, 1.82) is 0 Å². The summed E-state index contributed by atoms with van der Waals surface area (Å²) < 4.78 is 138. The molecule has 72 valence electrons. The van der Waals surface area contributed by atoms with Gasteiger partial charge < -0.3 is 0 Å². The van der Waals surface area contributed by atoms with E-state index in [1.54, 1.807) is 0 Å². The Morgan fingerprint density at radius 3 is 1.85 bits per heavy atom. The number of Topliss-reactive ketones (excluding diaryl/α,β-unsaturated/α-hetero) is 1. The Morgan fingerprint density at radius 2 is 1.54 bits per heavy atom. The van der Waals surface area contributed by atoms with Gasteiger partial charge in [0.1, 0.15) is 0 Å². The van der Waals surface area contributed by atoms with Gasteiger partial charge in [-0.2, -0.15) is 0 Å². The summed E-state index contributed by atoms with van der Waals surface area (Å²) in [5.74, 6) is -2.07. The van der Waals surface area contributed by atoms with Crippen LogP contribution in [-0.4, -0.2) is 5.78 Å². The van der Waals surface area contributed by atoms with Crippen molar-refractivity contribution in [1.82, 2.24) is 0 Å². The fourth-order valence-electron chi connectivity index (χ4n) is 0.852. The highest BCUT2D eigenvalue weighted by atomic mass is 16.1. The van der Waals surface area contributed by atoms with Gasteiger partial charge in [0.15, 0.2) is 5.78 Å². The number of ketones is 1. The molecule has 0 fully saturated rings. The fourth-order valence-corrected chi connectivity index (χ4v) is 0.852. The van der Waals surface area contributed by atoms with Gasteiger partial charge in [-0.15, -0.1) is 0 Å². The second kappa shape index (κ2) is 2.83. The highest BCUT2D eigenvalue weighted by Crippen LogP contribution is 2.41. The van der Waals surface area contributed by atoms with Crippen LogP contribution in [-0.2, 0) is 4.79 Å². The summed E-state index contributed by atoms with van der Waals surface area (Å²) >= 11 is 0. The first-order valence-corrected chi connectivity index (χ1v) is 3.20. The topological polar surface area (TPSA) is 17.1 Å². The van der Waals surface area contributed by atoms with Crippen molar-refractivity contribution in [2.45, 2.75) is 41.1 Å². The molecule has 0 saturated heterocycles. The number of hydrogen-bond acceptors (Lipinski definition) is 1. The first kappa shape index (κ1) is 1.66. The van der Waals surface area contributed by atoms with Crippen LogP contribution in [0.2, 0.25) is 0 Å². The largest absolute Gasteiger partial charge is 0.289 e. The molecule has 0 bridgehead atoms. The molecule has 0 aromatic heterocycles. The Bertz CT molecular complexity index is 747. The molecule has 0 amide bonds. The van der Waals surface area contributed by atoms with E-state index >= 15 is 0 Å². The minimum atomic E-state index is -4.11. The molecule has 1 heteroatoms. The molecule has 1 nitrogen and oxygen atoms in total. The van der Waals surface area contributed by atoms with Crippen LogP contribution in [0.4, 0.5) is 0 Å². The van der Waals surface area contributed by atoms with E-state index < -0.39 is 74.6 Å². The summed E-state index contributed by atoms with van der Waals surface area (Å²) in [6, 6.07) is 0. The van der Waals surface area contributed by atoms with E-state index in [1.807, 2.05) is 0 Å². The lowest BCUT2D eigenvalue weighted by Gasteiger charge is -2.34. The van der Waals surface area contributed by atoms with Crippen molar-refractivity contribution < 1.29 is 29.5 Å². The molecule has 0 aromatic carbocycles. The minimum absolute atomic E-state index is 1.85. The van der Waals surface area contributed by atoms with Crippen LogP contribution in [0, 0.1) is 5.41 Å². The van der Waals surface area contributed by atoms with Crippen LogP contribution in [0.5, 0.6) is 0 Å². The summed E-state index contributed by atoms with van der Waals surface area (Å²) in [5, 5.41) is 0. The van der Waals surface area contributed by atoms with Crippen LogP contribution in [0.3, 0.4) is 0 Å². The van der Waals surface area contributed by atoms with Crippen LogP contribution < -0.4 is 0 Å². The van der Waals surface area contributed by atoms with Gasteiger partial charge >= 0.3 is 0 Å². The number of allylic oxidation sites excluding steroid dienone is 4. The fraction of sp³-hybridized carbons (Fsp3) is 0.583. The number of carbonyl (C=O) groups excluding carboxylic acids is 1. The highest BCUT2D eigenvalue weighted by Gasteiger charge is 2.32. The Hall–Kier alpha value is -0.850. The standard InChI is InChI=1S/C12H18O/c1-7-9(3)12(5,6)10(4)8(2)11(7)13/h1-6H3/i1D3,2D3,3D3,4D3,5D3,6D3. The Balaban J connectivity index is 4.79. The van der Waals surface area contributed by atoms with E-state index in [-0.39, 0.29) is 0 Å². The molecule has 0 spiro atoms. The Kier molecular flexibility index (Phi) is 0.362. The van der Waals surface area contributed by atoms with Crippen LogP contribution in [0.25, 0.3) is 0 Å². The van der Waals surface area contributed by atoms with E-state index in [2.05, 4.69) is 0 Å². The quantitative estimate of drug-likeness (QED) is 0.581. The molecule has 0 N–H and O–H groups in total. The summed E-state index contributed by atoms with van der Waals surface area (Å²) in [6.45, 7) is -23.6. The summed E-state index contributed by atoms with van der Waals surface area (Å²) in [7, 11) is 0. The Morgan fingerprint density at radius 1 is 1.00 bits per heavy atom. The Labute approximate surface area is 106 Å². The first-order valence-electron chi connectivity index (χ1n) is 12.2. The van der Waals surface area contributed by atoms with Crippen molar-refractivity contribution in [2.24, 2.45) is 5.41 Å². The smallest absolute Gasteiger partial charge is 0.184 e. The van der Waals surface area contributed by atoms with Gasteiger partial charge in [-0.05, 0) is 38.6 Å². The monoisotopic (exact) mass is 196 g/mol. The van der Waals surface area contributed by atoms with Crippen molar-refractivity contribution >= 4 is 5.78 Å². The second-order valence-corrected chi connectivity index (χ2v) is 2.58. The lowest BCUT2D eigenvalue weighted by molar-refractivity contribution is -0.112. The zero-order valence-corrected chi connectivity index (χ0v) is 6.41. The van der Waals surface area contributed by atoms with E-state index in [0.717, 1.165) is 0 Å². The van der Waals surface area contributed by atoms with Gasteiger partial charge in [0.25, 0.3) is 0 Å². The van der Waals surface area contributed by atoms with Gasteiger partial charge in [-0.25, -0.2) is 0 Å². The molecule has 0 aromatic rings. The number of hydrogen-bond donors (Lipinski definition) is 0. The van der Waals surface area contributed by atoms with Gasteiger partial charge in [0.2, 0.25) is 0 Å². The second-order valence-electron chi connectivity index (χ2n) is 2.58. The van der Waals surface area contributed by atoms with Crippen molar-refractivity contribution in [3.8, 4) is 0 Å². The molecular formula is C12H18O. The zero-order chi connectivity index (χ0) is 25.4. The van der Waals surface area contributed by atoms with E-state index in [0.29, 0.717) is 0 Å². The average Bonchev–Trinajstić information content (AvgIpc) is 2.37. The van der Waals surface area contributed by atoms with E-state index in [9.17, 15) is 4.79 Å². The highest BCUT2D eigenvalue weighted by molar-refractivity contribution is 6.09. The third kappa shape index (κ3) is 1.27. The molecule has 0 atom stereocenters. The normalized spacial score (nSPS) is 49.1. The third-order valence-electron chi connectivity index (χ3n) is 1.70. The van der Waals surface area contributed by atoms with Crippen LogP contribution >= 0.6 is 0 Å². The molecule has 1 aliphatic rings. The van der Waals surface area contributed by atoms with Gasteiger partial charge in [-0.3, -0.25) is 4.79 Å². The molecule has 1 aliphatic carbocycles. The molecule has 0 radical (unpaired) electrons. The average molecular weight is 196 g/mol. The minimum Gasteiger partial charge on any atom is -0.289 e. The number of carbonyl (C=O) groups is 1. The molecule has 1 rings (SSSR count). The van der Waals surface area contributed by atoms with Gasteiger partial charge in [0.05, 0.1) is 0 Å². The van der Waals surface area contributed by atoms with Crippen molar-refractivity contribution in [3.63, 3.8) is 0 Å². The third-order valence-corrected chi connectivity index (χ3v) is 1.70. The lowest BCUT2D eigenvalue weighted by atomic mass is 9.70. The molecule has 13 heavy (non-hydrogen) atoms. The number of rotatable bonds is 0. The summed E-state index contributed by atoms with van der Waals surface area (Å²) in [4.78, 5) is 13.0. The molecule has 0 heterocycles. The molecule has 0 aliphatic heterocycles. The summed E-state index contributed by atoms with van der Waals surface area (Å²) in [6.07, 6.45) is 0. The van der Waals surface area contributed by atoms with Gasteiger partial charge in [0, 0.05) is 30.1 Å². The SMILES string of the molecule is [2H]C([2H])([2H])C1=C(C([2H])([2H])[2H])C(C([2H])([2H])[2H])(C([2H])([2H])[2H])C(C([2H])([2H])[2H])=C(C([2H])([2H])[2H])C1=O. The molecule has 0 unspecified atom stereocenters.